The topological polar surface area (TPSA) is 0 Å². The summed E-state index contributed by atoms with van der Waals surface area (Å²) in [6.07, 6.45) is 9.00. The van der Waals surface area contributed by atoms with Crippen LogP contribution in [0, 0.1) is 13.8 Å². The van der Waals surface area contributed by atoms with E-state index in [0.29, 0.717) is 0 Å². The zero-order valence-electron chi connectivity index (χ0n) is 19.7. The predicted molar refractivity (Wildman–Crippen MR) is 142 cm³/mol. The summed E-state index contributed by atoms with van der Waals surface area (Å²) in [6, 6.07) is 31.2. The Kier molecular flexibility index (Phi) is 5.76. The van der Waals surface area contributed by atoms with Gasteiger partial charge in [0, 0.05) is 0 Å². The molecule has 0 unspecified atom stereocenters. The molecule has 163 valence electrons. The monoisotopic (exact) mass is 513 g/mol. The van der Waals surface area contributed by atoms with Crippen LogP contribution < -0.4 is 3.27 Å². The van der Waals surface area contributed by atoms with E-state index in [9.17, 15) is 0 Å². The molecule has 0 saturated heterocycles. The molecule has 0 amide bonds. The minimum atomic E-state index is -1.17. The molecule has 0 saturated carbocycles. The van der Waals surface area contributed by atoms with Gasteiger partial charge in [0.05, 0.1) is 0 Å². The molecule has 4 aromatic carbocycles. The van der Waals surface area contributed by atoms with Gasteiger partial charge in [-0.15, -0.1) is 0 Å². The van der Waals surface area contributed by atoms with Crippen molar-refractivity contribution in [2.45, 2.75) is 26.7 Å². The first-order valence-electron chi connectivity index (χ1n) is 12.1. The number of benzene rings is 4. The maximum absolute atomic E-state index is 2.36. The fourth-order valence-corrected chi connectivity index (χ4v) is 9.73. The van der Waals surface area contributed by atoms with Crippen LogP contribution in [0.3, 0.4) is 0 Å². The third-order valence-electron chi connectivity index (χ3n) is 7.29. The van der Waals surface area contributed by atoms with E-state index in [-0.39, 0.29) is 0 Å². The molecule has 2 aliphatic rings. The summed E-state index contributed by atoms with van der Waals surface area (Å²) in [4.78, 5) is 0. The van der Waals surface area contributed by atoms with Gasteiger partial charge in [-0.1, -0.05) is 0 Å². The molecule has 0 N–H and O–H groups in total. The van der Waals surface area contributed by atoms with E-state index in [4.69, 9.17) is 0 Å². The SMILES string of the molecule is Cc1c(C)c2c([c]([Zr]=[C](c3ccccc3)c3ccccc3)c1C1=CC=CC1)Cc1ccccc1-2. The second-order valence-electron chi connectivity index (χ2n) is 9.24. The summed E-state index contributed by atoms with van der Waals surface area (Å²) in [6.45, 7) is 4.70. The third kappa shape index (κ3) is 3.68. The van der Waals surface area contributed by atoms with Gasteiger partial charge in [0.2, 0.25) is 0 Å². The molecule has 0 fully saturated rings. The van der Waals surface area contributed by atoms with Crippen molar-refractivity contribution in [1.82, 2.24) is 0 Å². The average molecular weight is 515 g/mol. The van der Waals surface area contributed by atoms with Gasteiger partial charge in [-0.2, -0.15) is 0 Å². The van der Waals surface area contributed by atoms with Crippen molar-refractivity contribution in [3.05, 3.63) is 142 Å². The molecule has 0 radical (unpaired) electrons. The Labute approximate surface area is 213 Å². The molecule has 0 atom stereocenters. The summed E-state index contributed by atoms with van der Waals surface area (Å²) < 4.78 is 3.24. The number of hydrogen-bond donors (Lipinski definition) is 0. The van der Waals surface area contributed by atoms with E-state index in [2.05, 4.69) is 117 Å². The molecule has 1 heteroatoms. The molecule has 4 aromatic rings. The normalized spacial score (nSPS) is 13.3. The van der Waals surface area contributed by atoms with Crippen molar-refractivity contribution in [1.29, 1.82) is 0 Å². The Morgan fingerprint density at radius 1 is 0.706 bits per heavy atom. The molecule has 34 heavy (non-hydrogen) atoms. The number of rotatable bonds is 4. The van der Waals surface area contributed by atoms with E-state index in [1.165, 1.54) is 44.5 Å². The van der Waals surface area contributed by atoms with Crippen LogP contribution in [0.2, 0.25) is 0 Å². The number of fused-ring (bicyclic) bond motifs is 3. The average Bonchev–Trinajstić information content (AvgIpc) is 3.55. The molecule has 0 aromatic heterocycles. The predicted octanol–water partition coefficient (Wildman–Crippen LogP) is 7.19. The van der Waals surface area contributed by atoms with Gasteiger partial charge in [0.1, 0.15) is 0 Å². The van der Waals surface area contributed by atoms with Gasteiger partial charge in [0.15, 0.2) is 0 Å². The summed E-state index contributed by atoms with van der Waals surface area (Å²) in [7, 11) is 0. The maximum atomic E-state index is 2.36. The van der Waals surface area contributed by atoms with E-state index < -0.39 is 22.8 Å². The third-order valence-corrected chi connectivity index (χ3v) is 11.3. The Morgan fingerprint density at radius 3 is 1.97 bits per heavy atom. The number of allylic oxidation sites excluding steroid dienone is 4. The van der Waals surface area contributed by atoms with Gasteiger partial charge in [0.25, 0.3) is 0 Å². The molecule has 0 bridgehead atoms. The van der Waals surface area contributed by atoms with Crippen LogP contribution in [-0.2, 0) is 29.2 Å². The van der Waals surface area contributed by atoms with Crippen LogP contribution in [0.25, 0.3) is 16.7 Å². The van der Waals surface area contributed by atoms with E-state index in [1.54, 1.807) is 17.6 Å². The van der Waals surface area contributed by atoms with Crippen molar-refractivity contribution in [2.75, 3.05) is 0 Å². The van der Waals surface area contributed by atoms with E-state index in [1.807, 2.05) is 0 Å². The minimum absolute atomic E-state index is 1.05. The second-order valence-corrected chi connectivity index (χ2v) is 12.3. The Hall–Kier alpha value is -2.89. The fourth-order valence-electron chi connectivity index (χ4n) is 5.53. The van der Waals surface area contributed by atoms with Gasteiger partial charge in [-0.25, -0.2) is 0 Å². The molecule has 0 nitrogen and oxygen atoms in total. The van der Waals surface area contributed by atoms with Crippen LogP contribution in [0.4, 0.5) is 0 Å². The summed E-state index contributed by atoms with van der Waals surface area (Å²) in [5.74, 6) is 0. The van der Waals surface area contributed by atoms with Crippen LogP contribution >= 0.6 is 0 Å². The van der Waals surface area contributed by atoms with Crippen molar-refractivity contribution in [3.63, 3.8) is 0 Å². The summed E-state index contributed by atoms with van der Waals surface area (Å²) >= 11 is -1.17. The molecule has 2 aliphatic carbocycles. The van der Waals surface area contributed by atoms with Gasteiger partial charge in [-0.3, -0.25) is 0 Å². The summed E-state index contributed by atoms with van der Waals surface area (Å²) in [5, 5.41) is 0. The van der Waals surface area contributed by atoms with Gasteiger partial charge < -0.3 is 0 Å². The Balaban J connectivity index is 1.69. The molecule has 6 rings (SSSR count). The fraction of sp³-hybridized carbons (Fsp3) is 0.121. The molecule has 0 aliphatic heterocycles. The van der Waals surface area contributed by atoms with Crippen LogP contribution in [0.1, 0.15) is 45.4 Å². The first-order valence-corrected chi connectivity index (χ1v) is 14.5. The Bertz CT molecular complexity index is 1440. The standard InChI is InChI=1S/C20H17.C13H10.Zr/c1-13-14(2)20-17(11-16-9-5-6-10-18(16)20)12-19(13)15-7-3-4-8-15;1-3-7-12(8-4-1)11-13-9-5-2-6-10-13;/h3-7,9-10H,8,11H2,1-2H3;1-10H;. The molecular weight excluding hydrogens is 488 g/mol. The van der Waals surface area contributed by atoms with Crippen molar-refractivity contribution < 1.29 is 22.8 Å². The molecule has 0 heterocycles. The zero-order valence-corrected chi connectivity index (χ0v) is 22.2. The number of hydrogen-bond acceptors (Lipinski definition) is 0. The molecular formula is C33H27Zr. The zero-order chi connectivity index (χ0) is 23.1. The second kappa shape index (κ2) is 9.05. The molecule has 0 spiro atoms. The van der Waals surface area contributed by atoms with Gasteiger partial charge in [-0.05, 0) is 0 Å². The first kappa shape index (κ1) is 21.6. The summed E-state index contributed by atoms with van der Waals surface area (Å²) in [5.41, 5.74) is 14.8. The van der Waals surface area contributed by atoms with Crippen molar-refractivity contribution >= 4 is 12.1 Å². The van der Waals surface area contributed by atoms with E-state index in [0.717, 1.165) is 12.8 Å². The quantitative estimate of drug-likeness (QED) is 0.238. The van der Waals surface area contributed by atoms with Crippen LogP contribution in [0.5, 0.6) is 0 Å². The Morgan fingerprint density at radius 2 is 1.32 bits per heavy atom. The van der Waals surface area contributed by atoms with Crippen molar-refractivity contribution in [3.8, 4) is 11.1 Å². The van der Waals surface area contributed by atoms with Crippen molar-refractivity contribution in [2.24, 2.45) is 0 Å². The van der Waals surface area contributed by atoms with Crippen LogP contribution in [0.15, 0.2) is 103 Å². The van der Waals surface area contributed by atoms with Gasteiger partial charge >= 0.3 is 215 Å². The van der Waals surface area contributed by atoms with Crippen LogP contribution in [-0.4, -0.2) is 3.21 Å². The first-order chi connectivity index (χ1) is 16.7. The van der Waals surface area contributed by atoms with E-state index >= 15 is 0 Å².